The van der Waals surface area contributed by atoms with E-state index in [4.69, 9.17) is 5.73 Å². The molecule has 0 bridgehead atoms. The Morgan fingerprint density at radius 1 is 1.50 bits per heavy atom. The molecule has 2 aromatic rings. The molecule has 0 spiro atoms. The van der Waals surface area contributed by atoms with Crippen LogP contribution in [0, 0.1) is 6.92 Å². The van der Waals surface area contributed by atoms with E-state index in [2.05, 4.69) is 19.7 Å². The van der Waals surface area contributed by atoms with Gasteiger partial charge in [-0.2, -0.15) is 0 Å². The molecule has 2 rings (SSSR count). The summed E-state index contributed by atoms with van der Waals surface area (Å²) in [6.07, 6.45) is 1.88. The number of esters is 1. The minimum atomic E-state index is -0.538. The van der Waals surface area contributed by atoms with Gasteiger partial charge in [0.1, 0.15) is 22.2 Å². The Morgan fingerprint density at radius 2 is 2.28 bits per heavy atom. The summed E-state index contributed by atoms with van der Waals surface area (Å²) in [6.45, 7) is 1.93. The van der Waals surface area contributed by atoms with Crippen molar-refractivity contribution in [1.82, 2.24) is 15.0 Å². The highest BCUT2D eigenvalue weighted by Crippen LogP contribution is 2.14. The first-order valence-corrected chi connectivity index (χ1v) is 6.09. The summed E-state index contributed by atoms with van der Waals surface area (Å²) >= 11 is 1.54. The lowest BCUT2D eigenvalue weighted by Crippen LogP contribution is -2.10. The highest BCUT2D eigenvalue weighted by Gasteiger charge is 2.13. The van der Waals surface area contributed by atoms with Crippen LogP contribution < -0.4 is 5.73 Å². The number of hydrogen-bond donors (Lipinski definition) is 1. The quantitative estimate of drug-likeness (QED) is 0.838. The van der Waals surface area contributed by atoms with Gasteiger partial charge in [0.05, 0.1) is 13.5 Å². The molecule has 0 unspecified atom stereocenters. The van der Waals surface area contributed by atoms with Crippen LogP contribution in [0.3, 0.4) is 0 Å². The predicted molar refractivity (Wildman–Crippen MR) is 67.4 cm³/mol. The van der Waals surface area contributed by atoms with Gasteiger partial charge in [-0.1, -0.05) is 0 Å². The van der Waals surface area contributed by atoms with Crippen molar-refractivity contribution in [2.24, 2.45) is 0 Å². The maximum absolute atomic E-state index is 11.3. The molecular weight excluding hydrogens is 252 g/mol. The highest BCUT2D eigenvalue weighted by molar-refractivity contribution is 7.09. The lowest BCUT2D eigenvalue weighted by molar-refractivity contribution is 0.0601. The molecule has 0 atom stereocenters. The first-order chi connectivity index (χ1) is 8.60. The predicted octanol–water partition coefficient (Wildman–Crippen LogP) is 1.20. The number of nitrogen functional groups attached to an aromatic ring is 1. The SMILES string of the molecule is COC(=O)c1cnc(Cc2nc(C)cs2)nc1N. The van der Waals surface area contributed by atoms with Gasteiger partial charge < -0.3 is 10.5 Å². The molecule has 2 N–H and O–H groups in total. The van der Waals surface area contributed by atoms with Gasteiger partial charge in [0.2, 0.25) is 0 Å². The van der Waals surface area contributed by atoms with Crippen LogP contribution in [0.1, 0.15) is 26.9 Å². The monoisotopic (exact) mass is 264 g/mol. The molecule has 94 valence electrons. The molecule has 0 aliphatic heterocycles. The summed E-state index contributed by atoms with van der Waals surface area (Å²) in [7, 11) is 1.29. The van der Waals surface area contributed by atoms with E-state index in [1.807, 2.05) is 12.3 Å². The number of nitrogens with zero attached hydrogens (tertiary/aromatic N) is 3. The maximum Gasteiger partial charge on any atom is 0.343 e. The molecule has 0 saturated carbocycles. The topological polar surface area (TPSA) is 91.0 Å². The molecule has 18 heavy (non-hydrogen) atoms. The van der Waals surface area contributed by atoms with Crippen LogP contribution in [-0.2, 0) is 11.2 Å². The van der Waals surface area contributed by atoms with E-state index in [0.717, 1.165) is 10.7 Å². The molecule has 2 aromatic heterocycles. The lowest BCUT2D eigenvalue weighted by Gasteiger charge is -2.03. The maximum atomic E-state index is 11.3. The number of aryl methyl sites for hydroxylation is 1. The summed E-state index contributed by atoms with van der Waals surface area (Å²) in [6, 6.07) is 0. The smallest absolute Gasteiger partial charge is 0.343 e. The average molecular weight is 264 g/mol. The standard InChI is InChI=1S/C11H12N4O2S/c1-6-5-18-9(14-6)3-8-13-4-7(10(12)15-8)11(16)17-2/h4-5H,3H2,1-2H3,(H2,12,13,15). The second-order valence-corrected chi connectivity index (χ2v) is 4.58. The molecule has 2 heterocycles. The van der Waals surface area contributed by atoms with Crippen LogP contribution in [0.15, 0.2) is 11.6 Å². The van der Waals surface area contributed by atoms with Gasteiger partial charge in [-0.25, -0.2) is 19.7 Å². The molecular formula is C11H12N4O2S. The minimum Gasteiger partial charge on any atom is -0.465 e. The van der Waals surface area contributed by atoms with Crippen molar-refractivity contribution in [3.63, 3.8) is 0 Å². The van der Waals surface area contributed by atoms with Gasteiger partial charge in [0.25, 0.3) is 0 Å². The molecule has 0 aliphatic rings. The first-order valence-electron chi connectivity index (χ1n) is 5.21. The molecule has 0 aromatic carbocycles. The number of anilines is 1. The summed E-state index contributed by atoms with van der Waals surface area (Å²) in [5, 5.41) is 2.87. The van der Waals surface area contributed by atoms with Crippen LogP contribution in [0.4, 0.5) is 5.82 Å². The van der Waals surface area contributed by atoms with E-state index in [-0.39, 0.29) is 11.4 Å². The Morgan fingerprint density at radius 3 is 2.83 bits per heavy atom. The number of rotatable bonds is 3. The summed E-state index contributed by atoms with van der Waals surface area (Å²) in [5.41, 5.74) is 6.83. The van der Waals surface area contributed by atoms with Gasteiger partial charge in [-0.05, 0) is 6.92 Å². The van der Waals surface area contributed by atoms with Gasteiger partial charge in [0, 0.05) is 17.3 Å². The van der Waals surface area contributed by atoms with Gasteiger partial charge >= 0.3 is 5.97 Å². The number of thiazole rings is 1. The average Bonchev–Trinajstić information content (AvgIpc) is 2.74. The zero-order chi connectivity index (χ0) is 13.1. The van der Waals surface area contributed by atoms with Crippen molar-refractivity contribution < 1.29 is 9.53 Å². The number of ether oxygens (including phenoxy) is 1. The van der Waals surface area contributed by atoms with E-state index in [9.17, 15) is 4.79 Å². The molecule has 0 saturated heterocycles. The first kappa shape index (κ1) is 12.4. The van der Waals surface area contributed by atoms with Crippen LogP contribution >= 0.6 is 11.3 Å². The largest absolute Gasteiger partial charge is 0.465 e. The van der Waals surface area contributed by atoms with Crippen molar-refractivity contribution in [3.05, 3.63) is 33.7 Å². The Bertz CT molecular complexity index is 582. The fourth-order valence-electron chi connectivity index (χ4n) is 1.40. The van der Waals surface area contributed by atoms with Crippen LogP contribution in [0.5, 0.6) is 0 Å². The van der Waals surface area contributed by atoms with Crippen molar-refractivity contribution in [3.8, 4) is 0 Å². The number of carbonyl (C=O) groups excluding carboxylic acids is 1. The minimum absolute atomic E-state index is 0.125. The van der Waals surface area contributed by atoms with Crippen LogP contribution in [-0.4, -0.2) is 28.0 Å². The molecule has 0 amide bonds. The number of methoxy groups -OCH3 is 1. The van der Waals surface area contributed by atoms with Crippen molar-refractivity contribution >= 4 is 23.1 Å². The van der Waals surface area contributed by atoms with E-state index < -0.39 is 5.97 Å². The van der Waals surface area contributed by atoms with Gasteiger partial charge in [-0.3, -0.25) is 0 Å². The molecule has 0 radical (unpaired) electrons. The summed E-state index contributed by atoms with van der Waals surface area (Å²) in [5.74, 6) is 0.124. The fourth-order valence-corrected chi connectivity index (χ4v) is 2.17. The van der Waals surface area contributed by atoms with Crippen molar-refractivity contribution in [1.29, 1.82) is 0 Å². The Hall–Kier alpha value is -2.02. The summed E-state index contributed by atoms with van der Waals surface area (Å²) in [4.78, 5) is 23.8. The van der Waals surface area contributed by atoms with E-state index in [1.54, 1.807) is 11.3 Å². The van der Waals surface area contributed by atoms with Crippen LogP contribution in [0.2, 0.25) is 0 Å². The molecule has 6 nitrogen and oxygen atoms in total. The van der Waals surface area contributed by atoms with E-state index >= 15 is 0 Å². The number of carbonyl (C=O) groups is 1. The van der Waals surface area contributed by atoms with E-state index in [0.29, 0.717) is 12.2 Å². The second kappa shape index (κ2) is 5.09. The Balaban J connectivity index is 2.21. The molecule has 7 heteroatoms. The zero-order valence-corrected chi connectivity index (χ0v) is 10.8. The third-order valence-electron chi connectivity index (χ3n) is 2.25. The van der Waals surface area contributed by atoms with Gasteiger partial charge in [0.15, 0.2) is 0 Å². The summed E-state index contributed by atoms with van der Waals surface area (Å²) < 4.78 is 4.57. The van der Waals surface area contributed by atoms with Crippen molar-refractivity contribution in [2.45, 2.75) is 13.3 Å². The van der Waals surface area contributed by atoms with Crippen LogP contribution in [0.25, 0.3) is 0 Å². The number of nitrogens with two attached hydrogens (primary N) is 1. The third-order valence-corrected chi connectivity index (χ3v) is 3.22. The second-order valence-electron chi connectivity index (χ2n) is 3.64. The van der Waals surface area contributed by atoms with Gasteiger partial charge in [-0.15, -0.1) is 11.3 Å². The highest BCUT2D eigenvalue weighted by atomic mass is 32.1. The molecule has 0 aliphatic carbocycles. The third kappa shape index (κ3) is 2.62. The normalized spacial score (nSPS) is 10.3. The Labute approximate surface area is 108 Å². The lowest BCUT2D eigenvalue weighted by atomic mass is 10.3. The zero-order valence-electron chi connectivity index (χ0n) is 10.0. The van der Waals surface area contributed by atoms with Crippen molar-refractivity contribution in [2.75, 3.05) is 12.8 Å². The number of aromatic nitrogens is 3. The fraction of sp³-hybridized carbons (Fsp3) is 0.273. The molecule has 0 fully saturated rings. The van der Waals surface area contributed by atoms with E-state index in [1.165, 1.54) is 13.3 Å². The Kier molecular flexibility index (Phi) is 3.52. The number of hydrogen-bond acceptors (Lipinski definition) is 7.